The van der Waals surface area contributed by atoms with Gasteiger partial charge in [0.05, 0.1) is 9.72 Å². The third-order valence-electron chi connectivity index (χ3n) is 4.15. The molecule has 29 heavy (non-hydrogen) atoms. The first-order valence-electron chi connectivity index (χ1n) is 8.54. The molecule has 0 spiro atoms. The lowest BCUT2D eigenvalue weighted by Gasteiger charge is -2.19. The van der Waals surface area contributed by atoms with Crippen LogP contribution in [0.2, 0.25) is 5.02 Å². The second kappa shape index (κ2) is 8.31. The van der Waals surface area contributed by atoms with Crippen molar-refractivity contribution in [2.75, 3.05) is 18.4 Å². The van der Waals surface area contributed by atoms with E-state index in [4.69, 9.17) is 11.6 Å². The number of amides is 1. The number of sulfonamides is 1. The van der Waals surface area contributed by atoms with E-state index in [1.54, 1.807) is 13.8 Å². The number of halogens is 3. The van der Waals surface area contributed by atoms with E-state index in [0.29, 0.717) is 6.07 Å². The molecule has 1 N–H and O–H groups in total. The molecule has 3 aromatic rings. The van der Waals surface area contributed by atoms with E-state index in [1.165, 1.54) is 22.5 Å². The highest BCUT2D eigenvalue weighted by Crippen LogP contribution is 2.30. The normalized spacial score (nSPS) is 11.9. The predicted octanol–water partition coefficient (Wildman–Crippen LogP) is 4.51. The zero-order chi connectivity index (χ0) is 21.3. The van der Waals surface area contributed by atoms with Crippen LogP contribution in [0.5, 0.6) is 0 Å². The number of hydrogen-bond acceptors (Lipinski definition) is 5. The van der Waals surface area contributed by atoms with Crippen molar-refractivity contribution in [3.8, 4) is 0 Å². The number of fused-ring (bicyclic) bond motifs is 1. The van der Waals surface area contributed by atoms with Gasteiger partial charge in [-0.05, 0) is 24.3 Å². The third-order valence-corrected chi connectivity index (χ3v) is 7.60. The van der Waals surface area contributed by atoms with Gasteiger partial charge in [0.15, 0.2) is 10.9 Å². The van der Waals surface area contributed by atoms with Crippen molar-refractivity contribution >= 4 is 54.2 Å². The second-order valence-electron chi connectivity index (χ2n) is 5.94. The molecule has 11 heteroatoms. The van der Waals surface area contributed by atoms with Crippen LogP contribution in [-0.4, -0.2) is 36.7 Å². The summed E-state index contributed by atoms with van der Waals surface area (Å²) in [7, 11) is -3.87. The zero-order valence-electron chi connectivity index (χ0n) is 15.4. The molecule has 0 saturated carbocycles. The molecule has 1 heterocycles. The molecule has 6 nitrogen and oxygen atoms in total. The average Bonchev–Trinajstić information content (AvgIpc) is 3.05. The Labute approximate surface area is 175 Å². The number of thiazole rings is 1. The molecule has 0 atom stereocenters. The van der Waals surface area contributed by atoms with Gasteiger partial charge in [-0.3, -0.25) is 10.1 Å². The number of rotatable bonds is 6. The lowest BCUT2D eigenvalue weighted by atomic mass is 10.2. The molecule has 1 amide bonds. The molecule has 2 aromatic carbocycles. The summed E-state index contributed by atoms with van der Waals surface area (Å²) < 4.78 is 54.1. The number of nitrogens with zero attached hydrogens (tertiary/aromatic N) is 2. The first kappa shape index (κ1) is 21.6. The molecule has 154 valence electrons. The topological polar surface area (TPSA) is 79.4 Å². The van der Waals surface area contributed by atoms with Crippen molar-refractivity contribution in [3.63, 3.8) is 0 Å². The van der Waals surface area contributed by atoms with Crippen molar-refractivity contribution in [1.82, 2.24) is 9.29 Å². The molecule has 1 aromatic heterocycles. The fourth-order valence-electron chi connectivity index (χ4n) is 2.72. The number of aromatic nitrogens is 1. The Kier molecular flexibility index (Phi) is 6.18. The van der Waals surface area contributed by atoms with Crippen molar-refractivity contribution < 1.29 is 22.0 Å². The van der Waals surface area contributed by atoms with Gasteiger partial charge in [0.25, 0.3) is 5.91 Å². The van der Waals surface area contributed by atoms with Crippen LogP contribution in [0.15, 0.2) is 35.2 Å². The summed E-state index contributed by atoms with van der Waals surface area (Å²) in [5, 5.41) is 2.52. The molecule has 0 bridgehead atoms. The van der Waals surface area contributed by atoms with Crippen molar-refractivity contribution in [3.05, 3.63) is 52.6 Å². The minimum atomic E-state index is -3.87. The maximum atomic E-state index is 13.8. The first-order chi connectivity index (χ1) is 13.7. The smallest absolute Gasteiger partial charge is 0.257 e. The van der Waals surface area contributed by atoms with Crippen LogP contribution < -0.4 is 5.32 Å². The first-order valence-corrected chi connectivity index (χ1v) is 11.2. The standard InChI is InChI=1S/C18H16ClF2N3O3S2/c1-3-24(4-2)29(26,27)15-7-10(5-6-12(15)19)17(25)23-18-22-16-13(21)8-11(20)9-14(16)28-18/h5-9H,3-4H2,1-2H3,(H,22,23,25). The Hall–Kier alpha value is -2.14. The van der Waals surface area contributed by atoms with Crippen LogP contribution in [-0.2, 0) is 10.0 Å². The highest BCUT2D eigenvalue weighted by Gasteiger charge is 2.26. The predicted molar refractivity (Wildman–Crippen MR) is 109 cm³/mol. The molecule has 0 saturated heterocycles. The van der Waals surface area contributed by atoms with Crippen LogP contribution in [0.25, 0.3) is 10.2 Å². The van der Waals surface area contributed by atoms with Crippen LogP contribution in [0.3, 0.4) is 0 Å². The molecular weight excluding hydrogens is 444 g/mol. The summed E-state index contributed by atoms with van der Waals surface area (Å²) in [6.45, 7) is 3.89. The van der Waals surface area contributed by atoms with Gasteiger partial charge in [-0.2, -0.15) is 4.31 Å². The number of anilines is 1. The molecule has 0 aliphatic heterocycles. The Morgan fingerprint density at radius 2 is 1.90 bits per heavy atom. The quantitative estimate of drug-likeness (QED) is 0.588. The van der Waals surface area contributed by atoms with Crippen molar-refractivity contribution in [2.45, 2.75) is 18.7 Å². The lowest BCUT2D eigenvalue weighted by molar-refractivity contribution is 0.102. The molecule has 0 aliphatic carbocycles. The summed E-state index contributed by atoms with van der Waals surface area (Å²) in [5.41, 5.74) is -0.0290. The molecule has 3 rings (SSSR count). The Balaban J connectivity index is 1.93. The summed E-state index contributed by atoms with van der Waals surface area (Å²) in [6, 6.07) is 5.69. The van der Waals surface area contributed by atoms with Gasteiger partial charge in [-0.15, -0.1) is 0 Å². The van der Waals surface area contributed by atoms with Crippen LogP contribution in [0, 0.1) is 11.6 Å². The zero-order valence-corrected chi connectivity index (χ0v) is 17.8. The maximum Gasteiger partial charge on any atom is 0.257 e. The Morgan fingerprint density at radius 3 is 2.55 bits per heavy atom. The molecule has 0 fully saturated rings. The minimum absolute atomic E-state index is 0.00835. The maximum absolute atomic E-state index is 13.8. The van der Waals surface area contributed by atoms with E-state index >= 15 is 0 Å². The van der Waals surface area contributed by atoms with Gasteiger partial charge in [-0.1, -0.05) is 36.8 Å². The van der Waals surface area contributed by atoms with Gasteiger partial charge in [0, 0.05) is 24.7 Å². The highest BCUT2D eigenvalue weighted by molar-refractivity contribution is 7.89. The van der Waals surface area contributed by atoms with E-state index in [2.05, 4.69) is 10.3 Å². The lowest BCUT2D eigenvalue weighted by Crippen LogP contribution is -2.31. The average molecular weight is 460 g/mol. The molecule has 0 radical (unpaired) electrons. The minimum Gasteiger partial charge on any atom is -0.298 e. The van der Waals surface area contributed by atoms with Crippen LogP contribution in [0.4, 0.5) is 13.9 Å². The van der Waals surface area contributed by atoms with Gasteiger partial charge in [0.1, 0.15) is 16.2 Å². The van der Waals surface area contributed by atoms with Gasteiger partial charge >= 0.3 is 0 Å². The van der Waals surface area contributed by atoms with E-state index < -0.39 is 27.6 Å². The van der Waals surface area contributed by atoms with Crippen LogP contribution >= 0.6 is 22.9 Å². The highest BCUT2D eigenvalue weighted by atomic mass is 35.5. The fraction of sp³-hybridized carbons (Fsp3) is 0.222. The summed E-state index contributed by atoms with van der Waals surface area (Å²) in [4.78, 5) is 16.3. The monoisotopic (exact) mass is 459 g/mol. The van der Waals surface area contributed by atoms with E-state index in [1.807, 2.05) is 0 Å². The Morgan fingerprint density at radius 1 is 1.21 bits per heavy atom. The largest absolute Gasteiger partial charge is 0.298 e. The number of hydrogen-bond donors (Lipinski definition) is 1. The second-order valence-corrected chi connectivity index (χ2v) is 9.29. The third kappa shape index (κ3) is 4.25. The van der Waals surface area contributed by atoms with Crippen LogP contribution in [0.1, 0.15) is 24.2 Å². The fourth-order valence-corrected chi connectivity index (χ4v) is 5.58. The van der Waals surface area contributed by atoms with E-state index in [0.717, 1.165) is 17.4 Å². The molecular formula is C18H16ClF2N3O3S2. The Bertz CT molecular complexity index is 1190. The molecule has 0 unspecified atom stereocenters. The SMILES string of the molecule is CCN(CC)S(=O)(=O)c1cc(C(=O)Nc2nc3c(F)cc(F)cc3s2)ccc1Cl. The summed E-state index contributed by atoms with van der Waals surface area (Å²) in [5.74, 6) is -2.24. The number of carbonyl (C=O) groups excluding carboxylic acids is 1. The van der Waals surface area contributed by atoms with Gasteiger partial charge in [-0.25, -0.2) is 22.2 Å². The van der Waals surface area contributed by atoms with Crippen molar-refractivity contribution in [2.24, 2.45) is 0 Å². The van der Waals surface area contributed by atoms with Crippen molar-refractivity contribution in [1.29, 1.82) is 0 Å². The van der Waals surface area contributed by atoms with Gasteiger partial charge < -0.3 is 0 Å². The number of nitrogens with one attached hydrogen (secondary N) is 1. The van der Waals surface area contributed by atoms with E-state index in [9.17, 15) is 22.0 Å². The van der Waals surface area contributed by atoms with Gasteiger partial charge in [0.2, 0.25) is 10.0 Å². The number of carbonyl (C=O) groups is 1. The summed E-state index contributed by atoms with van der Waals surface area (Å²) >= 11 is 6.96. The molecule has 0 aliphatic rings. The number of benzene rings is 2. The van der Waals surface area contributed by atoms with E-state index in [-0.39, 0.29) is 43.9 Å². The summed E-state index contributed by atoms with van der Waals surface area (Å²) in [6.07, 6.45) is 0.